The van der Waals surface area contributed by atoms with Gasteiger partial charge in [-0.3, -0.25) is 9.59 Å². The maximum atomic E-state index is 12.7. The van der Waals surface area contributed by atoms with Crippen molar-refractivity contribution in [2.45, 2.75) is 24.6 Å². The second kappa shape index (κ2) is 6.79. The predicted octanol–water partition coefficient (Wildman–Crippen LogP) is 2.61. The van der Waals surface area contributed by atoms with Gasteiger partial charge in [-0.15, -0.1) is 11.8 Å². The van der Waals surface area contributed by atoms with Crippen molar-refractivity contribution in [3.8, 4) is 0 Å². The lowest BCUT2D eigenvalue weighted by atomic mass is 10.0. The topological polar surface area (TPSA) is 40.6 Å². The molecule has 2 fully saturated rings. The van der Waals surface area contributed by atoms with Crippen LogP contribution >= 0.6 is 11.8 Å². The van der Waals surface area contributed by atoms with E-state index in [-0.39, 0.29) is 16.7 Å². The number of thioether (sulfide) groups is 1. The maximum absolute atomic E-state index is 12.7. The molecule has 0 radical (unpaired) electrons. The van der Waals surface area contributed by atoms with E-state index in [1.54, 1.807) is 13.0 Å². The van der Waals surface area contributed by atoms with Crippen molar-refractivity contribution in [2.24, 2.45) is 0 Å². The smallest absolute Gasteiger partial charge is 0.247 e. The van der Waals surface area contributed by atoms with Crippen LogP contribution in [0.15, 0.2) is 36.4 Å². The molecule has 0 aromatic heterocycles. The summed E-state index contributed by atoms with van der Waals surface area (Å²) in [6.07, 6.45) is 5.29. The van der Waals surface area contributed by atoms with Crippen LogP contribution in [0, 0.1) is 0 Å². The van der Waals surface area contributed by atoms with Gasteiger partial charge in [0.05, 0.1) is 4.87 Å². The quantitative estimate of drug-likeness (QED) is 0.783. The molecule has 23 heavy (non-hydrogen) atoms. The van der Waals surface area contributed by atoms with E-state index in [0.717, 1.165) is 43.8 Å². The summed E-state index contributed by atoms with van der Waals surface area (Å²) in [5, 5.41) is 0. The van der Waals surface area contributed by atoms with Gasteiger partial charge in [-0.05, 0) is 24.5 Å². The van der Waals surface area contributed by atoms with Gasteiger partial charge in [0.1, 0.15) is 0 Å². The van der Waals surface area contributed by atoms with Crippen molar-refractivity contribution < 1.29 is 9.59 Å². The minimum Gasteiger partial charge on any atom is -0.343 e. The van der Waals surface area contributed by atoms with E-state index in [2.05, 4.69) is 0 Å². The molecule has 1 aromatic carbocycles. The van der Waals surface area contributed by atoms with Crippen LogP contribution in [0.3, 0.4) is 0 Å². The Bertz CT molecular complexity index is 607. The Morgan fingerprint density at radius 1 is 1.13 bits per heavy atom. The summed E-state index contributed by atoms with van der Waals surface area (Å²) in [6, 6.07) is 9.88. The molecule has 3 rings (SSSR count). The molecule has 0 unspecified atom stereocenters. The van der Waals surface area contributed by atoms with Gasteiger partial charge in [0.2, 0.25) is 11.8 Å². The first-order valence-corrected chi connectivity index (χ1v) is 9.03. The van der Waals surface area contributed by atoms with Crippen LogP contribution in [0.5, 0.6) is 0 Å². The summed E-state index contributed by atoms with van der Waals surface area (Å²) >= 11 is 1.87. The van der Waals surface area contributed by atoms with E-state index in [1.807, 2.05) is 58.0 Å². The number of amides is 2. The van der Waals surface area contributed by atoms with Crippen molar-refractivity contribution in [3.05, 3.63) is 42.0 Å². The first-order valence-electron chi connectivity index (χ1n) is 8.05. The van der Waals surface area contributed by atoms with Gasteiger partial charge < -0.3 is 9.80 Å². The van der Waals surface area contributed by atoms with Gasteiger partial charge in [0.25, 0.3) is 0 Å². The normalized spacial score (nSPS) is 20.4. The van der Waals surface area contributed by atoms with Crippen LogP contribution in [0.2, 0.25) is 0 Å². The Balaban J connectivity index is 1.68. The number of hydrogen-bond acceptors (Lipinski definition) is 3. The summed E-state index contributed by atoms with van der Waals surface area (Å²) in [5.74, 6) is 1.19. The molecule has 2 saturated heterocycles. The molecule has 1 spiro atoms. The van der Waals surface area contributed by atoms with Gasteiger partial charge in [0, 0.05) is 38.4 Å². The van der Waals surface area contributed by atoms with Gasteiger partial charge in [-0.1, -0.05) is 30.3 Å². The molecule has 0 atom stereocenters. The SMILES string of the molecule is CC(=O)N1CCC2(CC1)SCCN2C(=O)C=Cc1ccccc1. The summed E-state index contributed by atoms with van der Waals surface area (Å²) in [6.45, 7) is 3.90. The molecule has 4 nitrogen and oxygen atoms in total. The number of benzene rings is 1. The molecule has 0 aliphatic carbocycles. The molecule has 2 aliphatic rings. The highest BCUT2D eigenvalue weighted by molar-refractivity contribution is 8.00. The Morgan fingerprint density at radius 2 is 1.83 bits per heavy atom. The lowest BCUT2D eigenvalue weighted by Crippen LogP contribution is -2.53. The molecule has 2 amide bonds. The highest BCUT2D eigenvalue weighted by Gasteiger charge is 2.45. The fourth-order valence-corrected chi connectivity index (χ4v) is 4.79. The number of carbonyl (C=O) groups is 2. The van der Waals surface area contributed by atoms with E-state index < -0.39 is 0 Å². The fraction of sp³-hybridized carbons (Fsp3) is 0.444. The zero-order valence-electron chi connectivity index (χ0n) is 13.4. The van der Waals surface area contributed by atoms with Gasteiger partial charge in [-0.2, -0.15) is 0 Å². The first kappa shape index (κ1) is 16.1. The Hall–Kier alpha value is -1.75. The summed E-state index contributed by atoms with van der Waals surface area (Å²) < 4.78 is 0. The lowest BCUT2D eigenvalue weighted by molar-refractivity contribution is -0.133. The highest BCUT2D eigenvalue weighted by Crippen LogP contribution is 2.44. The summed E-state index contributed by atoms with van der Waals surface area (Å²) in [5.41, 5.74) is 1.04. The van der Waals surface area contributed by atoms with Crippen LogP contribution in [0.1, 0.15) is 25.3 Å². The van der Waals surface area contributed by atoms with Crippen LogP contribution in [-0.2, 0) is 9.59 Å². The number of rotatable bonds is 2. The Morgan fingerprint density at radius 3 is 2.48 bits per heavy atom. The molecule has 1 aromatic rings. The van der Waals surface area contributed by atoms with E-state index in [4.69, 9.17) is 0 Å². The van der Waals surface area contributed by atoms with Crippen molar-refractivity contribution >= 4 is 29.7 Å². The first-order chi connectivity index (χ1) is 11.1. The van der Waals surface area contributed by atoms with Gasteiger partial charge >= 0.3 is 0 Å². The lowest BCUT2D eigenvalue weighted by Gasteiger charge is -2.43. The Labute approximate surface area is 141 Å². The third-order valence-corrected chi connectivity index (χ3v) is 6.20. The number of carbonyl (C=O) groups excluding carboxylic acids is 2. The average Bonchev–Trinajstić information content (AvgIpc) is 2.97. The van der Waals surface area contributed by atoms with E-state index >= 15 is 0 Å². The highest BCUT2D eigenvalue weighted by atomic mass is 32.2. The minimum atomic E-state index is -0.121. The van der Waals surface area contributed by atoms with Crippen LogP contribution in [-0.4, -0.2) is 51.9 Å². The Kier molecular flexibility index (Phi) is 4.76. The predicted molar refractivity (Wildman–Crippen MR) is 93.9 cm³/mol. The van der Waals surface area contributed by atoms with E-state index in [9.17, 15) is 9.59 Å². The third kappa shape index (κ3) is 3.44. The minimum absolute atomic E-state index is 0.0788. The second-order valence-corrected chi connectivity index (χ2v) is 7.49. The largest absolute Gasteiger partial charge is 0.343 e. The molecule has 0 N–H and O–H groups in total. The van der Waals surface area contributed by atoms with Crippen molar-refractivity contribution in [3.63, 3.8) is 0 Å². The van der Waals surface area contributed by atoms with Crippen LogP contribution in [0.4, 0.5) is 0 Å². The molecular weight excluding hydrogens is 308 g/mol. The van der Waals surface area contributed by atoms with E-state index in [1.165, 1.54) is 0 Å². The zero-order valence-corrected chi connectivity index (χ0v) is 14.2. The summed E-state index contributed by atoms with van der Waals surface area (Å²) in [4.78, 5) is 27.9. The molecule has 0 bridgehead atoms. The van der Waals surface area contributed by atoms with Crippen molar-refractivity contribution in [1.29, 1.82) is 0 Å². The average molecular weight is 330 g/mol. The monoisotopic (exact) mass is 330 g/mol. The van der Waals surface area contributed by atoms with Crippen LogP contribution < -0.4 is 0 Å². The molecule has 5 heteroatoms. The zero-order chi connectivity index (χ0) is 16.3. The van der Waals surface area contributed by atoms with Crippen LogP contribution in [0.25, 0.3) is 6.08 Å². The number of likely N-dealkylation sites (tertiary alicyclic amines) is 1. The van der Waals surface area contributed by atoms with Gasteiger partial charge in [0.15, 0.2) is 0 Å². The molecule has 122 valence electrons. The maximum Gasteiger partial charge on any atom is 0.247 e. The fourth-order valence-electron chi connectivity index (χ4n) is 3.33. The third-order valence-electron chi connectivity index (χ3n) is 4.65. The van der Waals surface area contributed by atoms with Crippen molar-refractivity contribution in [2.75, 3.05) is 25.4 Å². The second-order valence-electron chi connectivity index (χ2n) is 6.03. The molecule has 2 heterocycles. The summed E-state index contributed by atoms with van der Waals surface area (Å²) in [7, 11) is 0. The molecule has 2 aliphatic heterocycles. The number of hydrogen-bond donors (Lipinski definition) is 0. The number of piperidine rings is 1. The molecule has 0 saturated carbocycles. The standard InChI is InChI=1S/C18H22N2O2S/c1-15(21)19-11-9-18(10-12-19)20(13-14-23-18)17(22)8-7-16-5-3-2-4-6-16/h2-8H,9-14H2,1H3. The van der Waals surface area contributed by atoms with Gasteiger partial charge in [-0.25, -0.2) is 0 Å². The van der Waals surface area contributed by atoms with Crippen molar-refractivity contribution in [1.82, 2.24) is 9.80 Å². The number of nitrogens with zero attached hydrogens (tertiary/aromatic N) is 2. The molecular formula is C18H22N2O2S. The van der Waals surface area contributed by atoms with E-state index in [0.29, 0.717) is 0 Å².